The highest BCUT2D eigenvalue weighted by Gasteiger charge is 2.25. The lowest BCUT2D eigenvalue weighted by Gasteiger charge is -2.28. The van der Waals surface area contributed by atoms with Crippen molar-refractivity contribution in [1.29, 1.82) is 0 Å². The molecule has 1 saturated heterocycles. The number of piperidine rings is 1. The van der Waals surface area contributed by atoms with Gasteiger partial charge in [0, 0.05) is 18.7 Å². The van der Waals surface area contributed by atoms with E-state index in [2.05, 4.69) is 5.32 Å². The summed E-state index contributed by atoms with van der Waals surface area (Å²) in [7, 11) is 1.56. The van der Waals surface area contributed by atoms with E-state index in [1.807, 2.05) is 0 Å². The smallest absolute Gasteiger partial charge is 0.243 e. The number of hydrogen-bond acceptors (Lipinski definition) is 4. The number of amides is 2. The summed E-state index contributed by atoms with van der Waals surface area (Å²) in [5.41, 5.74) is 6.09. The van der Waals surface area contributed by atoms with Crippen LogP contribution in [-0.4, -0.2) is 31.0 Å². The van der Waals surface area contributed by atoms with Crippen LogP contribution in [0.3, 0.4) is 0 Å². The molecule has 0 spiro atoms. The maximum absolute atomic E-state index is 12.1. The number of nitrogens with two attached hydrogens (primary N) is 1. The summed E-state index contributed by atoms with van der Waals surface area (Å²) in [6.45, 7) is 3.94. The minimum Gasteiger partial charge on any atom is -0.495 e. The van der Waals surface area contributed by atoms with E-state index >= 15 is 0 Å². The minimum absolute atomic E-state index is 0.0761. The summed E-state index contributed by atoms with van der Waals surface area (Å²) < 4.78 is 5.34. The van der Waals surface area contributed by atoms with E-state index in [4.69, 9.17) is 10.5 Å². The molecule has 6 heteroatoms. The summed E-state index contributed by atoms with van der Waals surface area (Å²) in [5, 5.41) is 2.77. The van der Waals surface area contributed by atoms with Crippen molar-refractivity contribution in [3.8, 4) is 5.75 Å². The van der Waals surface area contributed by atoms with Crippen molar-refractivity contribution >= 4 is 23.2 Å². The normalized spacial score (nSPS) is 15.6. The highest BCUT2D eigenvalue weighted by Crippen LogP contribution is 2.33. The largest absolute Gasteiger partial charge is 0.495 e. The van der Waals surface area contributed by atoms with E-state index in [1.165, 1.54) is 0 Å². The van der Waals surface area contributed by atoms with Crippen LogP contribution in [0.1, 0.15) is 33.1 Å². The average Bonchev–Trinajstić information content (AvgIpc) is 2.46. The first-order valence-corrected chi connectivity index (χ1v) is 7.41. The molecule has 0 saturated carbocycles. The Morgan fingerprint density at radius 3 is 2.68 bits per heavy atom. The van der Waals surface area contributed by atoms with Gasteiger partial charge in [-0.3, -0.25) is 9.59 Å². The lowest BCUT2D eigenvalue weighted by molar-refractivity contribution is -0.120. The molecule has 1 aliphatic heterocycles. The molecule has 0 radical (unpaired) electrons. The molecule has 1 aromatic carbocycles. The molecule has 1 aromatic rings. The zero-order chi connectivity index (χ0) is 16.3. The van der Waals surface area contributed by atoms with Crippen LogP contribution in [-0.2, 0) is 9.59 Å². The Morgan fingerprint density at radius 1 is 1.36 bits per heavy atom. The van der Waals surface area contributed by atoms with Gasteiger partial charge in [0.2, 0.25) is 11.8 Å². The van der Waals surface area contributed by atoms with E-state index in [0.29, 0.717) is 30.1 Å². The van der Waals surface area contributed by atoms with Crippen molar-refractivity contribution in [3.05, 3.63) is 18.2 Å². The molecular weight excluding hydrogens is 282 g/mol. The number of methoxy groups -OCH3 is 1. The molecule has 0 unspecified atom stereocenters. The van der Waals surface area contributed by atoms with Gasteiger partial charge in [0.1, 0.15) is 5.75 Å². The summed E-state index contributed by atoms with van der Waals surface area (Å²) in [4.78, 5) is 25.8. The SMILES string of the molecule is COc1ccc(NC(=O)C(C)(C)N)cc1N1CCCCC1=O. The van der Waals surface area contributed by atoms with Crippen molar-refractivity contribution in [3.63, 3.8) is 0 Å². The number of benzene rings is 1. The van der Waals surface area contributed by atoms with Crippen LogP contribution in [0, 0.1) is 0 Å². The number of ether oxygens (including phenoxy) is 1. The maximum Gasteiger partial charge on any atom is 0.243 e. The Kier molecular flexibility index (Phi) is 4.71. The van der Waals surface area contributed by atoms with Gasteiger partial charge in [0.25, 0.3) is 0 Å². The number of anilines is 2. The molecule has 1 heterocycles. The molecule has 0 bridgehead atoms. The molecule has 120 valence electrons. The average molecular weight is 305 g/mol. The first kappa shape index (κ1) is 16.3. The number of nitrogens with one attached hydrogen (secondary N) is 1. The Balaban J connectivity index is 2.30. The van der Waals surface area contributed by atoms with Gasteiger partial charge in [-0.25, -0.2) is 0 Å². The molecule has 0 aromatic heterocycles. The van der Waals surface area contributed by atoms with Crippen LogP contribution in [0.25, 0.3) is 0 Å². The molecule has 2 amide bonds. The Hall–Kier alpha value is -2.08. The lowest BCUT2D eigenvalue weighted by atomic mass is 10.1. The van der Waals surface area contributed by atoms with E-state index in [1.54, 1.807) is 44.1 Å². The fraction of sp³-hybridized carbons (Fsp3) is 0.500. The Morgan fingerprint density at radius 2 is 2.09 bits per heavy atom. The Labute approximate surface area is 130 Å². The third kappa shape index (κ3) is 3.57. The standard InChI is InChI=1S/C16H23N3O3/c1-16(2,17)15(21)18-11-7-8-13(22-3)12(10-11)19-9-5-4-6-14(19)20/h7-8,10H,4-6,9,17H2,1-3H3,(H,18,21). The van der Waals surface area contributed by atoms with Gasteiger partial charge in [-0.05, 0) is 44.9 Å². The number of carbonyl (C=O) groups is 2. The van der Waals surface area contributed by atoms with Crippen LogP contribution >= 0.6 is 0 Å². The van der Waals surface area contributed by atoms with E-state index in [0.717, 1.165) is 12.8 Å². The highest BCUT2D eigenvalue weighted by atomic mass is 16.5. The zero-order valence-electron chi connectivity index (χ0n) is 13.3. The first-order valence-electron chi connectivity index (χ1n) is 7.41. The number of rotatable bonds is 4. The summed E-state index contributed by atoms with van der Waals surface area (Å²) in [6, 6.07) is 5.24. The molecule has 0 atom stereocenters. The van der Waals surface area contributed by atoms with Gasteiger partial charge in [-0.15, -0.1) is 0 Å². The van der Waals surface area contributed by atoms with Crippen LogP contribution < -0.4 is 20.7 Å². The summed E-state index contributed by atoms with van der Waals surface area (Å²) in [6.07, 6.45) is 2.41. The van der Waals surface area contributed by atoms with Crippen molar-refractivity contribution in [2.45, 2.75) is 38.6 Å². The topological polar surface area (TPSA) is 84.7 Å². The third-order valence-corrected chi connectivity index (χ3v) is 3.64. The molecule has 22 heavy (non-hydrogen) atoms. The molecule has 6 nitrogen and oxygen atoms in total. The van der Waals surface area contributed by atoms with Gasteiger partial charge in [0.15, 0.2) is 0 Å². The van der Waals surface area contributed by atoms with Crippen LogP contribution in [0.2, 0.25) is 0 Å². The summed E-state index contributed by atoms with van der Waals surface area (Å²) >= 11 is 0. The minimum atomic E-state index is -0.971. The van der Waals surface area contributed by atoms with Gasteiger partial charge in [-0.1, -0.05) is 0 Å². The van der Waals surface area contributed by atoms with Crippen molar-refractivity contribution in [2.75, 3.05) is 23.9 Å². The second-order valence-corrected chi connectivity index (χ2v) is 6.06. The second kappa shape index (κ2) is 6.36. The van der Waals surface area contributed by atoms with Crippen LogP contribution in [0.15, 0.2) is 18.2 Å². The fourth-order valence-electron chi connectivity index (χ4n) is 2.33. The molecule has 3 N–H and O–H groups in total. The van der Waals surface area contributed by atoms with E-state index < -0.39 is 5.54 Å². The predicted octanol–water partition coefficient (Wildman–Crippen LogP) is 1.89. The van der Waals surface area contributed by atoms with Gasteiger partial charge in [-0.2, -0.15) is 0 Å². The monoisotopic (exact) mass is 305 g/mol. The fourth-order valence-corrected chi connectivity index (χ4v) is 2.33. The van der Waals surface area contributed by atoms with Crippen LogP contribution in [0.5, 0.6) is 5.75 Å². The zero-order valence-corrected chi connectivity index (χ0v) is 13.3. The van der Waals surface area contributed by atoms with E-state index in [9.17, 15) is 9.59 Å². The molecule has 0 aliphatic carbocycles. The van der Waals surface area contributed by atoms with Gasteiger partial charge < -0.3 is 20.7 Å². The third-order valence-electron chi connectivity index (χ3n) is 3.64. The van der Waals surface area contributed by atoms with Crippen LogP contribution in [0.4, 0.5) is 11.4 Å². The molecule has 1 aliphatic rings. The molecule has 2 rings (SSSR count). The lowest BCUT2D eigenvalue weighted by Crippen LogP contribution is -2.45. The number of hydrogen-bond donors (Lipinski definition) is 2. The highest BCUT2D eigenvalue weighted by molar-refractivity contribution is 6.00. The van der Waals surface area contributed by atoms with E-state index in [-0.39, 0.29) is 11.8 Å². The van der Waals surface area contributed by atoms with Gasteiger partial charge in [0.05, 0.1) is 18.3 Å². The predicted molar refractivity (Wildman–Crippen MR) is 86.1 cm³/mol. The van der Waals surface area contributed by atoms with Crippen molar-refractivity contribution in [2.24, 2.45) is 5.73 Å². The van der Waals surface area contributed by atoms with Gasteiger partial charge >= 0.3 is 0 Å². The number of nitrogens with zero attached hydrogens (tertiary/aromatic N) is 1. The van der Waals surface area contributed by atoms with Crippen molar-refractivity contribution in [1.82, 2.24) is 0 Å². The molecular formula is C16H23N3O3. The Bertz CT molecular complexity index is 578. The quantitative estimate of drug-likeness (QED) is 0.889. The molecule has 1 fully saturated rings. The summed E-state index contributed by atoms with van der Waals surface area (Å²) in [5.74, 6) is 0.404. The second-order valence-electron chi connectivity index (χ2n) is 6.06. The van der Waals surface area contributed by atoms with Crippen molar-refractivity contribution < 1.29 is 14.3 Å². The first-order chi connectivity index (χ1) is 10.3. The maximum atomic E-state index is 12.1. The number of carbonyl (C=O) groups excluding carboxylic acids is 2.